The molecule has 2 rings (SSSR count). The predicted molar refractivity (Wildman–Crippen MR) is 89.4 cm³/mol. The van der Waals surface area contributed by atoms with Crippen LogP contribution in [-0.2, 0) is 9.53 Å². The zero-order valence-electron chi connectivity index (χ0n) is 12.2. The van der Waals surface area contributed by atoms with Crippen LogP contribution < -0.4 is 0 Å². The summed E-state index contributed by atoms with van der Waals surface area (Å²) >= 11 is 5.85. The minimum absolute atomic E-state index is 0.324. The van der Waals surface area contributed by atoms with Crippen LogP contribution in [0.2, 0.25) is 5.02 Å². The number of carbonyl (C=O) groups excluding carboxylic acids is 1. The van der Waals surface area contributed by atoms with E-state index in [2.05, 4.69) is 11.8 Å². The molecule has 3 heteroatoms. The van der Waals surface area contributed by atoms with Crippen molar-refractivity contribution in [1.29, 1.82) is 0 Å². The lowest BCUT2D eigenvalue weighted by Crippen LogP contribution is -2.04. The summed E-state index contributed by atoms with van der Waals surface area (Å²) in [6, 6.07) is 16.9. The van der Waals surface area contributed by atoms with Crippen LogP contribution in [0.15, 0.2) is 60.2 Å². The predicted octanol–water partition coefficient (Wildman–Crippen LogP) is 4.34. The van der Waals surface area contributed by atoms with Gasteiger partial charge in [0.2, 0.25) is 0 Å². The van der Waals surface area contributed by atoms with E-state index in [0.29, 0.717) is 17.0 Å². The molecule has 0 fully saturated rings. The molecule has 0 atom stereocenters. The van der Waals surface area contributed by atoms with Gasteiger partial charge in [0.1, 0.15) is 0 Å². The first kappa shape index (κ1) is 15.9. The van der Waals surface area contributed by atoms with E-state index in [0.717, 1.165) is 11.1 Å². The summed E-state index contributed by atoms with van der Waals surface area (Å²) in [5.74, 6) is 5.66. The minimum atomic E-state index is -0.377. The summed E-state index contributed by atoms with van der Waals surface area (Å²) in [5.41, 5.74) is 2.30. The smallest absolute Gasteiger partial charge is 0.334 e. The van der Waals surface area contributed by atoms with E-state index in [1.54, 1.807) is 18.2 Å². The zero-order chi connectivity index (χ0) is 15.8. The minimum Gasteiger partial charge on any atom is -0.466 e. The number of halogens is 1. The summed E-state index contributed by atoms with van der Waals surface area (Å²) in [6.07, 6.45) is 2.09. The summed E-state index contributed by atoms with van der Waals surface area (Å²) in [5, 5.41) is 0.653. The highest BCUT2D eigenvalue weighted by molar-refractivity contribution is 6.30. The Labute approximate surface area is 135 Å². The highest BCUT2D eigenvalue weighted by Gasteiger charge is 2.08. The topological polar surface area (TPSA) is 26.3 Å². The number of hydrogen-bond donors (Lipinski definition) is 0. The van der Waals surface area contributed by atoms with E-state index in [1.165, 1.54) is 7.11 Å². The Morgan fingerprint density at radius 1 is 1.14 bits per heavy atom. The van der Waals surface area contributed by atoms with Crippen molar-refractivity contribution >= 4 is 23.6 Å². The summed E-state index contributed by atoms with van der Waals surface area (Å²) < 4.78 is 4.81. The maximum Gasteiger partial charge on any atom is 0.334 e. The Balaban J connectivity index is 2.18. The molecule has 0 bridgehead atoms. The first-order chi connectivity index (χ1) is 10.7. The molecule has 0 radical (unpaired) electrons. The van der Waals surface area contributed by atoms with Crippen molar-refractivity contribution in [2.45, 2.75) is 6.42 Å². The lowest BCUT2D eigenvalue weighted by molar-refractivity contribution is -0.136. The molecule has 2 aromatic carbocycles. The Hall–Kier alpha value is -2.50. The van der Waals surface area contributed by atoms with Crippen LogP contribution in [0.3, 0.4) is 0 Å². The van der Waals surface area contributed by atoms with Gasteiger partial charge in [-0.25, -0.2) is 4.79 Å². The Bertz CT molecular complexity index is 720. The third-order valence-corrected chi connectivity index (χ3v) is 3.20. The zero-order valence-corrected chi connectivity index (χ0v) is 12.9. The fourth-order valence-electron chi connectivity index (χ4n) is 1.84. The van der Waals surface area contributed by atoms with Gasteiger partial charge in [-0.1, -0.05) is 53.8 Å². The van der Waals surface area contributed by atoms with E-state index in [-0.39, 0.29) is 5.97 Å². The van der Waals surface area contributed by atoms with E-state index < -0.39 is 0 Å². The molecule has 2 aromatic rings. The number of esters is 1. The van der Waals surface area contributed by atoms with Gasteiger partial charge in [0, 0.05) is 22.6 Å². The number of carbonyl (C=O) groups is 1. The van der Waals surface area contributed by atoms with Crippen LogP contribution in [-0.4, -0.2) is 13.1 Å². The fourth-order valence-corrected chi connectivity index (χ4v) is 1.96. The molecule has 2 nitrogen and oxygen atoms in total. The van der Waals surface area contributed by atoms with Gasteiger partial charge < -0.3 is 4.74 Å². The van der Waals surface area contributed by atoms with Crippen LogP contribution in [0.1, 0.15) is 17.5 Å². The molecule has 22 heavy (non-hydrogen) atoms. The lowest BCUT2D eigenvalue weighted by atomic mass is 10.1. The SMILES string of the molecule is COC(=O)/C(=C\c1ccc(Cl)cc1)CC#Cc1ccccc1. The van der Waals surface area contributed by atoms with Crippen molar-refractivity contribution in [1.82, 2.24) is 0 Å². The van der Waals surface area contributed by atoms with Gasteiger partial charge in [0.05, 0.1) is 7.11 Å². The van der Waals surface area contributed by atoms with E-state index in [9.17, 15) is 4.79 Å². The highest BCUT2D eigenvalue weighted by atomic mass is 35.5. The highest BCUT2D eigenvalue weighted by Crippen LogP contribution is 2.14. The molecule has 0 aliphatic carbocycles. The van der Waals surface area contributed by atoms with Crippen molar-refractivity contribution in [2.75, 3.05) is 7.11 Å². The van der Waals surface area contributed by atoms with E-state index in [4.69, 9.17) is 16.3 Å². The van der Waals surface area contributed by atoms with Gasteiger partial charge >= 0.3 is 5.97 Å². The number of ether oxygens (including phenoxy) is 1. The molecular weight excluding hydrogens is 296 g/mol. The monoisotopic (exact) mass is 310 g/mol. The van der Waals surface area contributed by atoms with Crippen molar-refractivity contribution in [3.8, 4) is 11.8 Å². The van der Waals surface area contributed by atoms with Crippen LogP contribution >= 0.6 is 11.6 Å². The van der Waals surface area contributed by atoms with Crippen molar-refractivity contribution in [3.63, 3.8) is 0 Å². The standard InChI is InChI=1S/C19H15ClO2/c1-22-19(21)17(14-16-10-12-18(20)13-11-16)9-5-8-15-6-3-2-4-7-15/h2-4,6-7,10-14H,9H2,1H3/b17-14-. The first-order valence-corrected chi connectivity index (χ1v) is 7.15. The van der Waals surface area contributed by atoms with E-state index >= 15 is 0 Å². The Morgan fingerprint density at radius 3 is 2.45 bits per heavy atom. The summed E-state index contributed by atoms with van der Waals surface area (Å²) in [4.78, 5) is 11.8. The molecule has 0 heterocycles. The van der Waals surface area contributed by atoms with E-state index in [1.807, 2.05) is 42.5 Å². The third kappa shape index (κ3) is 4.80. The van der Waals surface area contributed by atoms with Crippen LogP contribution in [0.25, 0.3) is 6.08 Å². The molecule has 0 spiro atoms. The van der Waals surface area contributed by atoms with Gasteiger partial charge in [-0.2, -0.15) is 0 Å². The number of rotatable bonds is 3. The normalized spacial score (nSPS) is 10.5. The third-order valence-electron chi connectivity index (χ3n) is 2.94. The largest absolute Gasteiger partial charge is 0.466 e. The molecule has 0 amide bonds. The van der Waals surface area contributed by atoms with Gasteiger partial charge in [-0.05, 0) is 35.9 Å². The van der Waals surface area contributed by atoms with Crippen LogP contribution in [0.4, 0.5) is 0 Å². The Morgan fingerprint density at radius 2 is 1.82 bits per heavy atom. The molecule has 0 aliphatic heterocycles. The van der Waals surface area contributed by atoms with Gasteiger partial charge in [-0.3, -0.25) is 0 Å². The molecular formula is C19H15ClO2. The quantitative estimate of drug-likeness (QED) is 0.479. The second kappa shape index (κ2) is 8.07. The first-order valence-electron chi connectivity index (χ1n) is 6.77. The lowest BCUT2D eigenvalue weighted by Gasteiger charge is -2.02. The Kier molecular flexibility index (Phi) is 5.82. The number of methoxy groups -OCH3 is 1. The van der Waals surface area contributed by atoms with Gasteiger partial charge in [-0.15, -0.1) is 0 Å². The van der Waals surface area contributed by atoms with Crippen molar-refractivity contribution in [2.24, 2.45) is 0 Å². The molecule has 0 saturated carbocycles. The molecule has 0 aromatic heterocycles. The van der Waals surface area contributed by atoms with Crippen molar-refractivity contribution < 1.29 is 9.53 Å². The number of benzene rings is 2. The fraction of sp³-hybridized carbons (Fsp3) is 0.105. The average Bonchev–Trinajstić information content (AvgIpc) is 2.56. The molecule has 0 saturated heterocycles. The number of hydrogen-bond acceptors (Lipinski definition) is 2. The second-order valence-corrected chi connectivity index (χ2v) is 4.99. The van der Waals surface area contributed by atoms with Crippen molar-refractivity contribution in [3.05, 3.63) is 76.3 Å². The van der Waals surface area contributed by atoms with Crippen LogP contribution in [0.5, 0.6) is 0 Å². The maximum absolute atomic E-state index is 11.8. The molecule has 110 valence electrons. The van der Waals surface area contributed by atoms with Gasteiger partial charge in [0.25, 0.3) is 0 Å². The molecule has 0 unspecified atom stereocenters. The second-order valence-electron chi connectivity index (χ2n) is 4.56. The van der Waals surface area contributed by atoms with Gasteiger partial charge in [0.15, 0.2) is 0 Å². The average molecular weight is 311 g/mol. The molecule has 0 aliphatic rings. The van der Waals surface area contributed by atoms with Crippen LogP contribution in [0, 0.1) is 11.8 Å². The summed E-state index contributed by atoms with van der Waals surface area (Å²) in [7, 11) is 1.36. The molecule has 0 N–H and O–H groups in total. The maximum atomic E-state index is 11.8. The summed E-state index contributed by atoms with van der Waals surface area (Å²) in [6.45, 7) is 0.